The van der Waals surface area contributed by atoms with Crippen molar-refractivity contribution in [2.75, 3.05) is 0 Å². The van der Waals surface area contributed by atoms with Gasteiger partial charge in [-0.1, -0.05) is 36.4 Å². The number of hydrogen-bond donors (Lipinski definition) is 5. The van der Waals surface area contributed by atoms with Crippen LogP contribution in [0.3, 0.4) is 0 Å². The Morgan fingerprint density at radius 3 is 1.79 bits per heavy atom. The quantitative estimate of drug-likeness (QED) is 0.255. The van der Waals surface area contributed by atoms with Crippen LogP contribution >= 0.6 is 0 Å². The summed E-state index contributed by atoms with van der Waals surface area (Å²) in [4.78, 5) is 0. The summed E-state index contributed by atoms with van der Waals surface area (Å²) in [6.07, 6.45) is 3.14. The van der Waals surface area contributed by atoms with Crippen LogP contribution in [0.5, 0.6) is 34.5 Å². The predicted octanol–water partition coefficient (Wildman–Crippen LogP) is 5.65. The first kappa shape index (κ1) is 21.3. The van der Waals surface area contributed by atoms with E-state index in [1.807, 2.05) is 12.2 Å². The van der Waals surface area contributed by atoms with Crippen molar-refractivity contribution in [1.29, 1.82) is 0 Å². The molecule has 0 bridgehead atoms. The fraction of sp³-hybridized carbons (Fsp3) is 0.0714. The van der Waals surface area contributed by atoms with Crippen molar-refractivity contribution in [1.82, 2.24) is 0 Å². The first-order chi connectivity index (χ1) is 16.4. The highest BCUT2D eigenvalue weighted by Gasteiger charge is 2.39. The molecule has 0 aromatic heterocycles. The summed E-state index contributed by atoms with van der Waals surface area (Å²) in [5, 5.41) is 49.9. The van der Waals surface area contributed by atoms with Crippen molar-refractivity contribution in [3.05, 3.63) is 107 Å². The van der Waals surface area contributed by atoms with E-state index in [0.29, 0.717) is 11.3 Å². The fourth-order valence-corrected chi connectivity index (χ4v) is 4.39. The predicted molar refractivity (Wildman–Crippen MR) is 128 cm³/mol. The molecule has 1 aliphatic heterocycles. The van der Waals surface area contributed by atoms with E-state index in [9.17, 15) is 25.5 Å². The van der Waals surface area contributed by atoms with Crippen LogP contribution in [-0.2, 0) is 0 Å². The largest absolute Gasteiger partial charge is 0.508 e. The zero-order valence-corrected chi connectivity index (χ0v) is 18.0. The molecule has 0 saturated heterocycles. The van der Waals surface area contributed by atoms with Crippen LogP contribution in [0.4, 0.5) is 0 Å². The lowest BCUT2D eigenvalue weighted by Crippen LogP contribution is -2.11. The summed E-state index contributed by atoms with van der Waals surface area (Å²) < 4.78 is 6.28. The van der Waals surface area contributed by atoms with Gasteiger partial charge in [0.15, 0.2) is 0 Å². The molecule has 4 aromatic carbocycles. The van der Waals surface area contributed by atoms with E-state index < -0.39 is 6.10 Å². The molecular formula is C28H22O6. The molecule has 170 valence electrons. The van der Waals surface area contributed by atoms with Gasteiger partial charge >= 0.3 is 0 Å². The molecule has 0 fully saturated rings. The number of hydrogen-bond acceptors (Lipinski definition) is 6. The van der Waals surface area contributed by atoms with Crippen LogP contribution in [0, 0.1) is 0 Å². The highest BCUT2D eigenvalue weighted by atomic mass is 16.5. The van der Waals surface area contributed by atoms with Crippen LogP contribution in [-0.4, -0.2) is 25.5 Å². The number of aromatic hydroxyl groups is 5. The average Bonchev–Trinajstić information content (AvgIpc) is 3.18. The van der Waals surface area contributed by atoms with Gasteiger partial charge in [0.25, 0.3) is 0 Å². The van der Waals surface area contributed by atoms with Crippen LogP contribution in [0.15, 0.2) is 78.9 Å². The first-order valence-electron chi connectivity index (χ1n) is 10.7. The molecule has 2 unspecified atom stereocenters. The van der Waals surface area contributed by atoms with Crippen molar-refractivity contribution < 1.29 is 30.3 Å². The van der Waals surface area contributed by atoms with Crippen molar-refractivity contribution in [3.63, 3.8) is 0 Å². The molecule has 6 nitrogen and oxygen atoms in total. The Kier molecular flexibility index (Phi) is 5.26. The molecule has 1 aliphatic rings. The molecule has 0 amide bonds. The number of phenolic OH excluding ortho intramolecular Hbond substituents is 5. The highest BCUT2D eigenvalue weighted by molar-refractivity contribution is 5.75. The van der Waals surface area contributed by atoms with Gasteiger partial charge in [-0.2, -0.15) is 0 Å². The first-order valence-corrected chi connectivity index (χ1v) is 10.7. The Labute approximate surface area is 195 Å². The minimum atomic E-state index is -0.597. The van der Waals surface area contributed by atoms with E-state index in [1.165, 1.54) is 18.2 Å². The van der Waals surface area contributed by atoms with Crippen LogP contribution in [0.2, 0.25) is 0 Å². The molecule has 34 heavy (non-hydrogen) atoms. The number of ether oxygens (including phenoxy) is 1. The monoisotopic (exact) mass is 454 g/mol. The zero-order chi connectivity index (χ0) is 23.8. The Morgan fingerprint density at radius 2 is 1.15 bits per heavy atom. The Bertz CT molecular complexity index is 1350. The molecule has 6 heteroatoms. The van der Waals surface area contributed by atoms with Crippen LogP contribution in [0.25, 0.3) is 12.2 Å². The number of rotatable bonds is 4. The topological polar surface area (TPSA) is 110 Å². The van der Waals surface area contributed by atoms with E-state index in [0.717, 1.165) is 22.3 Å². The summed E-state index contributed by atoms with van der Waals surface area (Å²) in [5.74, 6) is 0.297. The van der Waals surface area contributed by atoms with Gasteiger partial charge in [0.05, 0.1) is 5.92 Å². The Morgan fingerprint density at radius 1 is 0.559 bits per heavy atom. The summed E-state index contributed by atoms with van der Waals surface area (Å²) in [5.41, 5.74) is 3.85. The third-order valence-electron chi connectivity index (χ3n) is 5.88. The van der Waals surface area contributed by atoms with Gasteiger partial charge in [-0.05, 0) is 59.2 Å². The SMILES string of the molecule is Oc1ccc(C=Cc2cc(O)cc3c2C(c2ccc(O)cc2)C(c2cc(O)cc(O)c2)O3)cc1. The molecular weight excluding hydrogens is 432 g/mol. The minimum absolute atomic E-state index is 0.0352. The van der Waals surface area contributed by atoms with Crippen molar-refractivity contribution in [2.24, 2.45) is 0 Å². The lowest BCUT2D eigenvalue weighted by atomic mass is 9.82. The molecule has 0 radical (unpaired) electrons. The lowest BCUT2D eigenvalue weighted by molar-refractivity contribution is 0.221. The molecule has 0 spiro atoms. The van der Waals surface area contributed by atoms with Gasteiger partial charge in [-0.25, -0.2) is 0 Å². The van der Waals surface area contributed by atoms with E-state index in [1.54, 1.807) is 60.7 Å². The van der Waals surface area contributed by atoms with E-state index in [-0.39, 0.29) is 34.7 Å². The lowest BCUT2D eigenvalue weighted by Gasteiger charge is -2.21. The summed E-state index contributed by atoms with van der Waals surface area (Å²) in [6, 6.07) is 21.1. The van der Waals surface area contributed by atoms with Gasteiger partial charge < -0.3 is 30.3 Å². The summed E-state index contributed by atoms with van der Waals surface area (Å²) in [7, 11) is 0. The maximum Gasteiger partial charge on any atom is 0.135 e. The summed E-state index contributed by atoms with van der Waals surface area (Å²) in [6.45, 7) is 0. The Balaban J connectivity index is 1.66. The van der Waals surface area contributed by atoms with Crippen molar-refractivity contribution in [3.8, 4) is 34.5 Å². The van der Waals surface area contributed by atoms with Gasteiger partial charge in [-0.3, -0.25) is 0 Å². The average molecular weight is 454 g/mol. The normalized spacial score (nSPS) is 16.9. The molecule has 4 aromatic rings. The number of phenols is 5. The second kappa shape index (κ2) is 8.41. The molecule has 5 rings (SSSR count). The fourth-order valence-electron chi connectivity index (χ4n) is 4.39. The Hall–Kier alpha value is -4.58. The van der Waals surface area contributed by atoms with Gasteiger partial charge in [0.2, 0.25) is 0 Å². The second-order valence-corrected chi connectivity index (χ2v) is 8.26. The second-order valence-electron chi connectivity index (χ2n) is 8.26. The van der Waals surface area contributed by atoms with Gasteiger partial charge in [0.1, 0.15) is 40.6 Å². The van der Waals surface area contributed by atoms with Crippen LogP contribution < -0.4 is 4.74 Å². The molecule has 5 N–H and O–H groups in total. The zero-order valence-electron chi connectivity index (χ0n) is 18.0. The molecule has 2 atom stereocenters. The smallest absolute Gasteiger partial charge is 0.135 e. The number of fused-ring (bicyclic) bond motifs is 1. The van der Waals surface area contributed by atoms with Gasteiger partial charge in [-0.15, -0.1) is 0 Å². The maximum atomic E-state index is 10.4. The maximum absolute atomic E-state index is 10.4. The van der Waals surface area contributed by atoms with E-state index in [4.69, 9.17) is 4.74 Å². The minimum Gasteiger partial charge on any atom is -0.508 e. The third-order valence-corrected chi connectivity index (χ3v) is 5.88. The molecule has 0 aliphatic carbocycles. The van der Waals surface area contributed by atoms with Gasteiger partial charge in [0, 0.05) is 23.3 Å². The van der Waals surface area contributed by atoms with E-state index in [2.05, 4.69) is 0 Å². The highest BCUT2D eigenvalue weighted by Crippen LogP contribution is 2.53. The van der Waals surface area contributed by atoms with Crippen LogP contribution in [0.1, 0.15) is 39.8 Å². The standard InChI is InChI=1S/C28H22O6/c29-20-7-2-16(3-8-20)1-4-18-11-24(33)15-25-26(18)27(17-5-9-21(30)10-6-17)28(34-25)19-12-22(31)14-23(32)13-19/h1-15,27-33H. The third kappa shape index (κ3) is 4.09. The summed E-state index contributed by atoms with van der Waals surface area (Å²) >= 11 is 0. The van der Waals surface area contributed by atoms with E-state index >= 15 is 0 Å². The van der Waals surface area contributed by atoms with Crippen molar-refractivity contribution >= 4 is 12.2 Å². The number of benzene rings is 4. The molecule has 1 heterocycles. The van der Waals surface area contributed by atoms with Crippen molar-refractivity contribution in [2.45, 2.75) is 12.0 Å². The molecule has 0 saturated carbocycles.